The number of nitriles is 1. The van der Waals surface area contributed by atoms with Crippen LogP contribution in [0, 0.1) is 17.2 Å². The number of alkyl halides is 6. The number of allylic oxidation sites excluding steroid dienone is 3. The molecule has 0 aromatic heterocycles. The van der Waals surface area contributed by atoms with E-state index in [1.807, 2.05) is 24.3 Å². The standard InChI is InChI=1S/C23H25F6N3O/c1-15(16-9-18(22(24,25)26)11-19(10-16)23(27,28)29)33-14-21(17-5-3-2-4-6-17)8-7-20(31,12-30)13-32-21/h2-5,9-11,15,17,32H,6-8,13-14,31H2,1H3/t15-,17?,20+,21-/m1/s1. The lowest BCUT2D eigenvalue weighted by atomic mass is 9.72. The molecule has 1 unspecified atom stereocenters. The van der Waals surface area contributed by atoms with Crippen LogP contribution in [0.1, 0.15) is 49.0 Å². The van der Waals surface area contributed by atoms with E-state index in [0.717, 1.165) is 0 Å². The van der Waals surface area contributed by atoms with Crippen LogP contribution < -0.4 is 11.1 Å². The van der Waals surface area contributed by atoms with Gasteiger partial charge in [-0.3, -0.25) is 0 Å². The third-order valence-electron chi connectivity index (χ3n) is 6.36. The van der Waals surface area contributed by atoms with Crippen LogP contribution in [0.4, 0.5) is 26.3 Å². The zero-order valence-corrected chi connectivity index (χ0v) is 17.9. The predicted molar refractivity (Wildman–Crippen MR) is 110 cm³/mol. The molecule has 10 heteroatoms. The Bertz CT molecular complexity index is 920. The number of nitrogens with one attached hydrogen (secondary N) is 1. The molecule has 0 amide bonds. The summed E-state index contributed by atoms with van der Waals surface area (Å²) in [5.41, 5.74) is 1.38. The van der Waals surface area contributed by atoms with Gasteiger partial charge in [0.25, 0.3) is 0 Å². The molecule has 1 heterocycles. The summed E-state index contributed by atoms with van der Waals surface area (Å²) in [6.07, 6.45) is -1.67. The van der Waals surface area contributed by atoms with Gasteiger partial charge >= 0.3 is 12.4 Å². The van der Waals surface area contributed by atoms with Crippen molar-refractivity contribution in [3.63, 3.8) is 0 Å². The molecule has 0 saturated carbocycles. The quantitative estimate of drug-likeness (QED) is 0.571. The second kappa shape index (κ2) is 9.12. The lowest BCUT2D eigenvalue weighted by Crippen LogP contribution is -2.65. The maximum atomic E-state index is 13.2. The van der Waals surface area contributed by atoms with E-state index in [0.29, 0.717) is 31.4 Å². The fourth-order valence-corrected chi connectivity index (χ4v) is 4.17. The number of rotatable bonds is 5. The zero-order valence-electron chi connectivity index (χ0n) is 17.9. The number of ether oxygens (including phenoxy) is 1. The zero-order chi connectivity index (χ0) is 24.5. The number of nitrogens with two attached hydrogens (primary N) is 1. The number of hydrogen-bond donors (Lipinski definition) is 2. The summed E-state index contributed by atoms with van der Waals surface area (Å²) < 4.78 is 85.2. The van der Waals surface area contributed by atoms with Crippen LogP contribution in [0.5, 0.6) is 0 Å². The number of benzene rings is 1. The first-order valence-electron chi connectivity index (χ1n) is 10.5. The fourth-order valence-electron chi connectivity index (χ4n) is 4.17. The van der Waals surface area contributed by atoms with E-state index in [9.17, 15) is 31.6 Å². The number of piperidine rings is 1. The summed E-state index contributed by atoms with van der Waals surface area (Å²) in [5.74, 6) is -0.0369. The minimum Gasteiger partial charge on any atom is -0.372 e. The Morgan fingerprint density at radius 1 is 1.12 bits per heavy atom. The summed E-state index contributed by atoms with van der Waals surface area (Å²) in [7, 11) is 0. The van der Waals surface area contributed by atoms with Crippen molar-refractivity contribution >= 4 is 0 Å². The highest BCUT2D eigenvalue weighted by Crippen LogP contribution is 2.39. The fraction of sp³-hybridized carbons (Fsp3) is 0.522. The van der Waals surface area contributed by atoms with Crippen LogP contribution >= 0.6 is 0 Å². The third-order valence-corrected chi connectivity index (χ3v) is 6.36. The SMILES string of the molecule is C[C@@H](OC[C@@]1(C2C=CC=CC2)CC[C@](N)(C#N)CN1)c1cc(C(F)(F)F)cc(C(F)(F)F)c1. The Balaban J connectivity index is 1.85. The van der Waals surface area contributed by atoms with E-state index >= 15 is 0 Å². The molecule has 4 atom stereocenters. The van der Waals surface area contributed by atoms with Gasteiger partial charge < -0.3 is 15.8 Å². The van der Waals surface area contributed by atoms with Gasteiger partial charge in [0.1, 0.15) is 5.54 Å². The lowest BCUT2D eigenvalue weighted by Gasteiger charge is -2.47. The molecular formula is C23H25F6N3O. The number of hydrogen-bond acceptors (Lipinski definition) is 4. The summed E-state index contributed by atoms with van der Waals surface area (Å²) >= 11 is 0. The molecule has 33 heavy (non-hydrogen) atoms. The molecule has 2 aliphatic rings. The van der Waals surface area contributed by atoms with Crippen molar-refractivity contribution in [3.8, 4) is 6.07 Å². The van der Waals surface area contributed by atoms with Gasteiger partial charge in [-0.15, -0.1) is 0 Å². The number of halogens is 6. The van der Waals surface area contributed by atoms with Gasteiger partial charge in [-0.25, -0.2) is 0 Å². The molecular weight excluding hydrogens is 448 g/mol. The molecule has 4 nitrogen and oxygen atoms in total. The van der Waals surface area contributed by atoms with E-state index in [-0.39, 0.29) is 30.7 Å². The Labute approximate surface area is 188 Å². The van der Waals surface area contributed by atoms with Crippen molar-refractivity contribution < 1.29 is 31.1 Å². The highest BCUT2D eigenvalue weighted by atomic mass is 19.4. The molecule has 1 aliphatic heterocycles. The van der Waals surface area contributed by atoms with Crippen molar-refractivity contribution in [2.24, 2.45) is 11.7 Å². The first-order chi connectivity index (χ1) is 15.3. The largest absolute Gasteiger partial charge is 0.416 e. The topological polar surface area (TPSA) is 71.1 Å². The first-order valence-corrected chi connectivity index (χ1v) is 10.5. The van der Waals surface area contributed by atoms with Crippen LogP contribution in [0.15, 0.2) is 42.5 Å². The number of nitrogens with zero attached hydrogens (tertiary/aromatic N) is 1. The van der Waals surface area contributed by atoms with E-state index in [1.54, 1.807) is 0 Å². The van der Waals surface area contributed by atoms with E-state index in [1.165, 1.54) is 6.92 Å². The summed E-state index contributed by atoms with van der Waals surface area (Å²) in [6.45, 7) is 1.64. The maximum Gasteiger partial charge on any atom is 0.416 e. The molecule has 1 aromatic carbocycles. The smallest absolute Gasteiger partial charge is 0.372 e. The van der Waals surface area contributed by atoms with Gasteiger partial charge in [-0.2, -0.15) is 31.6 Å². The van der Waals surface area contributed by atoms with Crippen LogP contribution in [0.25, 0.3) is 0 Å². The minimum absolute atomic E-state index is 0.0239. The summed E-state index contributed by atoms with van der Waals surface area (Å²) in [6, 6.07) is 3.55. The van der Waals surface area contributed by atoms with Gasteiger partial charge in [0.15, 0.2) is 0 Å². The van der Waals surface area contributed by atoms with Crippen LogP contribution in [0.2, 0.25) is 0 Å². The second-order valence-corrected chi connectivity index (χ2v) is 8.73. The highest BCUT2D eigenvalue weighted by Gasteiger charge is 2.45. The highest BCUT2D eigenvalue weighted by molar-refractivity contribution is 5.34. The summed E-state index contributed by atoms with van der Waals surface area (Å²) in [4.78, 5) is 0. The van der Waals surface area contributed by atoms with Gasteiger partial charge in [0, 0.05) is 18.0 Å². The molecule has 0 bridgehead atoms. The lowest BCUT2D eigenvalue weighted by molar-refractivity contribution is -0.143. The monoisotopic (exact) mass is 473 g/mol. The molecule has 1 aromatic rings. The van der Waals surface area contributed by atoms with Gasteiger partial charge in [-0.05, 0) is 49.9 Å². The summed E-state index contributed by atoms with van der Waals surface area (Å²) in [5, 5.41) is 12.6. The minimum atomic E-state index is -4.93. The van der Waals surface area contributed by atoms with Crippen molar-refractivity contribution in [2.45, 2.75) is 55.7 Å². The maximum absolute atomic E-state index is 13.2. The van der Waals surface area contributed by atoms with Gasteiger partial charge in [-0.1, -0.05) is 24.3 Å². The Morgan fingerprint density at radius 2 is 1.76 bits per heavy atom. The van der Waals surface area contributed by atoms with Crippen molar-refractivity contribution in [1.82, 2.24) is 5.32 Å². The van der Waals surface area contributed by atoms with E-state index < -0.39 is 40.7 Å². The Hall–Kier alpha value is -2.35. The van der Waals surface area contributed by atoms with Crippen molar-refractivity contribution in [2.75, 3.05) is 13.2 Å². The van der Waals surface area contributed by atoms with Gasteiger partial charge in [0.05, 0.1) is 29.9 Å². The van der Waals surface area contributed by atoms with Crippen LogP contribution in [-0.4, -0.2) is 24.2 Å². The Kier molecular flexibility index (Phi) is 6.99. The van der Waals surface area contributed by atoms with Crippen LogP contribution in [0.3, 0.4) is 0 Å². The predicted octanol–water partition coefficient (Wildman–Crippen LogP) is 5.28. The average molecular weight is 473 g/mol. The molecule has 180 valence electrons. The van der Waals surface area contributed by atoms with Crippen LogP contribution in [-0.2, 0) is 17.1 Å². The molecule has 1 aliphatic carbocycles. The molecule has 1 fully saturated rings. The first kappa shape index (κ1) is 25.3. The van der Waals surface area contributed by atoms with Gasteiger partial charge in [0.2, 0.25) is 0 Å². The third kappa shape index (κ3) is 5.78. The second-order valence-electron chi connectivity index (χ2n) is 8.73. The Morgan fingerprint density at radius 3 is 2.21 bits per heavy atom. The van der Waals surface area contributed by atoms with Crippen molar-refractivity contribution in [1.29, 1.82) is 5.26 Å². The molecule has 3 N–H and O–H groups in total. The molecule has 0 radical (unpaired) electrons. The van der Waals surface area contributed by atoms with Crippen molar-refractivity contribution in [3.05, 3.63) is 59.2 Å². The average Bonchev–Trinajstić information content (AvgIpc) is 2.78. The molecule has 0 spiro atoms. The van der Waals surface area contributed by atoms with E-state index in [2.05, 4.69) is 11.4 Å². The van der Waals surface area contributed by atoms with E-state index in [4.69, 9.17) is 10.5 Å². The molecule has 1 saturated heterocycles. The normalized spacial score (nSPS) is 29.0. The molecule has 3 rings (SSSR count).